The highest BCUT2D eigenvalue weighted by molar-refractivity contribution is 9.10. The van der Waals surface area contributed by atoms with Gasteiger partial charge in [-0.1, -0.05) is 12.1 Å². The van der Waals surface area contributed by atoms with Crippen molar-refractivity contribution in [2.45, 2.75) is 12.8 Å². The van der Waals surface area contributed by atoms with E-state index in [1.165, 1.54) is 0 Å². The van der Waals surface area contributed by atoms with Gasteiger partial charge in [-0.25, -0.2) is 0 Å². The Kier molecular flexibility index (Phi) is 7.06. The van der Waals surface area contributed by atoms with E-state index in [1.54, 1.807) is 43.5 Å². The van der Waals surface area contributed by atoms with E-state index in [0.29, 0.717) is 40.3 Å². The molecule has 2 aromatic carbocycles. The van der Waals surface area contributed by atoms with Gasteiger partial charge >= 0.3 is 0 Å². The highest BCUT2D eigenvalue weighted by Gasteiger charge is 2.22. The summed E-state index contributed by atoms with van der Waals surface area (Å²) in [5, 5.41) is 2.86. The molecule has 0 unspecified atom stereocenters. The van der Waals surface area contributed by atoms with Gasteiger partial charge in [0.2, 0.25) is 0 Å². The second kappa shape index (κ2) is 9.71. The molecule has 0 aromatic heterocycles. The highest BCUT2D eigenvalue weighted by atomic mass is 79.9. The fourth-order valence-electron chi connectivity index (χ4n) is 3.06. The van der Waals surface area contributed by atoms with Gasteiger partial charge in [0.15, 0.2) is 0 Å². The number of likely N-dealkylation sites (tertiary alicyclic amines) is 1. The number of hydrogen-bond donors (Lipinski definition) is 1. The number of benzene rings is 2. The molecule has 28 heavy (non-hydrogen) atoms. The van der Waals surface area contributed by atoms with Crippen molar-refractivity contribution >= 4 is 33.4 Å². The monoisotopic (exact) mass is 446 g/mol. The molecule has 3 rings (SSSR count). The topological polar surface area (TPSA) is 67.9 Å². The van der Waals surface area contributed by atoms with Crippen LogP contribution in [0, 0.1) is 0 Å². The fraction of sp³-hybridized carbons (Fsp3) is 0.333. The second-order valence-electron chi connectivity index (χ2n) is 6.49. The molecule has 0 saturated carbocycles. The zero-order valence-corrected chi connectivity index (χ0v) is 17.3. The number of carbonyl (C=O) groups is 2. The van der Waals surface area contributed by atoms with Crippen LogP contribution >= 0.6 is 15.9 Å². The first-order valence-electron chi connectivity index (χ1n) is 9.21. The minimum atomic E-state index is -0.286. The van der Waals surface area contributed by atoms with Crippen molar-refractivity contribution in [1.29, 1.82) is 0 Å². The van der Waals surface area contributed by atoms with Crippen molar-refractivity contribution < 1.29 is 19.1 Å². The Balaban J connectivity index is 1.73. The van der Waals surface area contributed by atoms with E-state index in [9.17, 15) is 9.59 Å². The van der Waals surface area contributed by atoms with Gasteiger partial charge in [0.25, 0.3) is 11.8 Å². The molecule has 1 heterocycles. The molecule has 0 aliphatic carbocycles. The standard InChI is InChI=1S/C21H23BrN2O4/c1-27-12-13-28-19-9-8-15(14-17(19)22)20(25)23-18-7-3-2-6-16(18)21(26)24-10-4-5-11-24/h2-3,6-9,14H,4-5,10-13H2,1H3,(H,23,25). The summed E-state index contributed by atoms with van der Waals surface area (Å²) in [7, 11) is 1.61. The first kappa shape index (κ1) is 20.4. The number of halogens is 1. The maximum Gasteiger partial charge on any atom is 0.255 e. The first-order valence-corrected chi connectivity index (χ1v) is 10.0. The van der Waals surface area contributed by atoms with Gasteiger partial charge in [-0.05, 0) is 59.1 Å². The van der Waals surface area contributed by atoms with Gasteiger partial charge in [0.1, 0.15) is 12.4 Å². The van der Waals surface area contributed by atoms with Crippen LogP contribution in [0.3, 0.4) is 0 Å². The van der Waals surface area contributed by atoms with E-state index in [2.05, 4.69) is 21.2 Å². The number of hydrogen-bond acceptors (Lipinski definition) is 4. The van der Waals surface area contributed by atoms with Gasteiger partial charge in [0, 0.05) is 25.8 Å². The van der Waals surface area contributed by atoms with Crippen LogP contribution in [-0.2, 0) is 4.74 Å². The van der Waals surface area contributed by atoms with E-state index >= 15 is 0 Å². The normalized spacial score (nSPS) is 13.4. The minimum Gasteiger partial charge on any atom is -0.490 e. The lowest BCUT2D eigenvalue weighted by atomic mass is 10.1. The average Bonchev–Trinajstić information content (AvgIpc) is 3.24. The van der Waals surface area contributed by atoms with E-state index < -0.39 is 0 Å². The maximum absolute atomic E-state index is 12.8. The van der Waals surface area contributed by atoms with Gasteiger partial charge in [0.05, 0.1) is 22.3 Å². The summed E-state index contributed by atoms with van der Waals surface area (Å²) in [4.78, 5) is 27.3. The molecular weight excluding hydrogens is 424 g/mol. The van der Waals surface area contributed by atoms with Gasteiger partial charge in [-0.3, -0.25) is 9.59 Å². The predicted octanol–water partition coefficient (Wildman–Crippen LogP) is 3.96. The highest BCUT2D eigenvalue weighted by Crippen LogP contribution is 2.27. The minimum absolute atomic E-state index is 0.0449. The molecule has 1 saturated heterocycles. The molecule has 148 valence electrons. The number of nitrogens with zero attached hydrogens (tertiary/aromatic N) is 1. The largest absolute Gasteiger partial charge is 0.490 e. The summed E-state index contributed by atoms with van der Waals surface area (Å²) in [5.41, 5.74) is 1.49. The molecule has 0 bridgehead atoms. The molecule has 2 amide bonds. The molecule has 0 spiro atoms. The van der Waals surface area contributed by atoms with Gasteiger partial charge in [-0.2, -0.15) is 0 Å². The Morgan fingerprint density at radius 1 is 1.11 bits per heavy atom. The van der Waals surface area contributed by atoms with Crippen LogP contribution < -0.4 is 10.1 Å². The lowest BCUT2D eigenvalue weighted by Gasteiger charge is -2.18. The van der Waals surface area contributed by atoms with E-state index in [1.807, 2.05) is 11.0 Å². The van der Waals surface area contributed by atoms with Crippen molar-refractivity contribution in [3.63, 3.8) is 0 Å². The maximum atomic E-state index is 12.8. The molecular formula is C21H23BrN2O4. The summed E-state index contributed by atoms with van der Waals surface area (Å²) in [6.45, 7) is 2.43. The number of methoxy groups -OCH3 is 1. The fourth-order valence-corrected chi connectivity index (χ4v) is 3.55. The number of para-hydroxylation sites is 1. The number of amides is 2. The third-order valence-corrected chi connectivity index (χ3v) is 5.16. The molecule has 0 radical (unpaired) electrons. The Labute approximate surface area is 172 Å². The van der Waals surface area contributed by atoms with Gasteiger partial charge in [-0.15, -0.1) is 0 Å². The Hall–Kier alpha value is -2.38. The van der Waals surface area contributed by atoms with Gasteiger partial charge < -0.3 is 19.7 Å². The summed E-state index contributed by atoms with van der Waals surface area (Å²) in [6.07, 6.45) is 2.04. The number of anilines is 1. The molecule has 6 nitrogen and oxygen atoms in total. The van der Waals surface area contributed by atoms with Crippen molar-refractivity contribution in [3.8, 4) is 5.75 Å². The Morgan fingerprint density at radius 3 is 2.57 bits per heavy atom. The van der Waals surface area contributed by atoms with Crippen molar-refractivity contribution in [2.75, 3.05) is 38.7 Å². The smallest absolute Gasteiger partial charge is 0.255 e. The van der Waals surface area contributed by atoms with Crippen molar-refractivity contribution in [1.82, 2.24) is 4.90 Å². The van der Waals surface area contributed by atoms with E-state index in [4.69, 9.17) is 9.47 Å². The SMILES string of the molecule is COCCOc1ccc(C(=O)Nc2ccccc2C(=O)N2CCCC2)cc1Br. The van der Waals surface area contributed by atoms with Crippen LogP contribution in [0.5, 0.6) is 5.75 Å². The van der Waals surface area contributed by atoms with Crippen LogP contribution in [-0.4, -0.2) is 50.1 Å². The molecule has 0 atom stereocenters. The first-order chi connectivity index (χ1) is 13.6. The third kappa shape index (κ3) is 4.91. The zero-order valence-electron chi connectivity index (χ0n) is 15.7. The van der Waals surface area contributed by atoms with Crippen LogP contribution in [0.2, 0.25) is 0 Å². The molecule has 1 aliphatic rings. The average molecular weight is 447 g/mol. The summed E-state index contributed by atoms with van der Waals surface area (Å²) in [6, 6.07) is 12.2. The third-order valence-electron chi connectivity index (χ3n) is 4.54. The number of rotatable bonds is 7. The van der Waals surface area contributed by atoms with Crippen molar-refractivity contribution in [2.24, 2.45) is 0 Å². The second-order valence-corrected chi connectivity index (χ2v) is 7.34. The molecule has 1 fully saturated rings. The van der Waals surface area contributed by atoms with Crippen molar-refractivity contribution in [3.05, 3.63) is 58.1 Å². The number of ether oxygens (including phenoxy) is 2. The van der Waals surface area contributed by atoms with E-state index in [0.717, 1.165) is 25.9 Å². The molecule has 2 aromatic rings. The summed E-state index contributed by atoms with van der Waals surface area (Å²) >= 11 is 3.43. The molecule has 1 N–H and O–H groups in total. The zero-order chi connectivity index (χ0) is 19.9. The molecule has 7 heteroatoms. The van der Waals surface area contributed by atoms with Crippen LogP contribution in [0.25, 0.3) is 0 Å². The number of nitrogens with one attached hydrogen (secondary N) is 1. The lowest BCUT2D eigenvalue weighted by molar-refractivity contribution is 0.0794. The quantitative estimate of drug-likeness (QED) is 0.653. The predicted molar refractivity (Wildman–Crippen MR) is 111 cm³/mol. The molecule has 1 aliphatic heterocycles. The summed E-state index contributed by atoms with van der Waals surface area (Å²) < 4.78 is 11.2. The van der Waals surface area contributed by atoms with Crippen LogP contribution in [0.1, 0.15) is 33.6 Å². The Morgan fingerprint density at radius 2 is 1.86 bits per heavy atom. The van der Waals surface area contributed by atoms with E-state index in [-0.39, 0.29) is 11.8 Å². The Bertz CT molecular complexity index is 850. The summed E-state index contributed by atoms with van der Waals surface area (Å²) in [5.74, 6) is 0.306. The number of carbonyl (C=O) groups excluding carboxylic acids is 2. The lowest BCUT2D eigenvalue weighted by Crippen LogP contribution is -2.28. The van der Waals surface area contributed by atoms with Crippen LogP contribution in [0.4, 0.5) is 5.69 Å². The van der Waals surface area contributed by atoms with Crippen LogP contribution in [0.15, 0.2) is 46.9 Å².